The average molecular weight is 476 g/mol. The molecule has 0 spiro atoms. The second-order valence-corrected chi connectivity index (χ2v) is 9.53. The van der Waals surface area contributed by atoms with Crippen molar-refractivity contribution in [3.8, 4) is 11.8 Å². The van der Waals surface area contributed by atoms with Gasteiger partial charge in [0.25, 0.3) is 5.56 Å². The monoisotopic (exact) mass is 475 g/mol. The van der Waals surface area contributed by atoms with Gasteiger partial charge in [0.2, 0.25) is 5.75 Å². The molecule has 3 atom stereocenters. The second kappa shape index (κ2) is 8.97. The summed E-state index contributed by atoms with van der Waals surface area (Å²) < 4.78 is 21.6. The van der Waals surface area contributed by atoms with Crippen LogP contribution in [0.2, 0.25) is 0 Å². The Balaban J connectivity index is 1.58. The van der Waals surface area contributed by atoms with Gasteiger partial charge in [0.15, 0.2) is 0 Å². The summed E-state index contributed by atoms with van der Waals surface area (Å²) in [5.41, 5.74) is 3.89. The number of aromatic nitrogens is 2. The first-order valence-corrected chi connectivity index (χ1v) is 12.2. The van der Waals surface area contributed by atoms with Gasteiger partial charge in [0.1, 0.15) is 35.4 Å². The minimum atomic E-state index is -0.193. The fraction of sp³-hybridized carbons (Fsp3) is 0.444. The number of piperazine rings is 1. The van der Waals surface area contributed by atoms with E-state index in [4.69, 9.17) is 4.74 Å². The van der Waals surface area contributed by atoms with E-state index >= 15 is 0 Å². The summed E-state index contributed by atoms with van der Waals surface area (Å²) in [6.07, 6.45) is 1.83. The van der Waals surface area contributed by atoms with Gasteiger partial charge in [-0.2, -0.15) is 5.26 Å². The average Bonchev–Trinajstić information content (AvgIpc) is 2.88. The third-order valence-corrected chi connectivity index (χ3v) is 7.56. The van der Waals surface area contributed by atoms with E-state index in [1.165, 1.54) is 0 Å². The van der Waals surface area contributed by atoms with Crippen LogP contribution in [-0.4, -0.2) is 46.2 Å². The van der Waals surface area contributed by atoms with Gasteiger partial charge in [-0.25, -0.2) is 9.37 Å². The number of anilines is 1. The van der Waals surface area contributed by atoms with Crippen LogP contribution >= 0.6 is 0 Å². The summed E-state index contributed by atoms with van der Waals surface area (Å²) in [7, 11) is 1.71. The van der Waals surface area contributed by atoms with Crippen molar-refractivity contribution in [1.29, 1.82) is 5.26 Å². The molecule has 1 fully saturated rings. The third-order valence-electron chi connectivity index (χ3n) is 7.56. The number of hydrogen-bond acceptors (Lipinski definition) is 6. The zero-order chi connectivity index (χ0) is 24.9. The van der Waals surface area contributed by atoms with Crippen LogP contribution in [-0.2, 0) is 7.05 Å². The zero-order valence-corrected chi connectivity index (χ0v) is 20.6. The zero-order valence-electron chi connectivity index (χ0n) is 20.6. The van der Waals surface area contributed by atoms with Gasteiger partial charge in [-0.05, 0) is 49.1 Å². The highest BCUT2D eigenvalue weighted by atomic mass is 19.1. The Morgan fingerprint density at radius 3 is 2.74 bits per heavy atom. The first kappa shape index (κ1) is 23.3. The van der Waals surface area contributed by atoms with Crippen LogP contribution in [0.5, 0.6) is 5.75 Å². The van der Waals surface area contributed by atoms with Crippen LogP contribution in [0.25, 0.3) is 11.0 Å². The molecular formula is C27H30FN5O2. The predicted octanol–water partition coefficient (Wildman–Crippen LogP) is 4.07. The van der Waals surface area contributed by atoms with Crippen molar-refractivity contribution >= 4 is 16.7 Å². The highest BCUT2D eigenvalue weighted by Crippen LogP contribution is 2.41. The topological polar surface area (TPSA) is 74.4 Å². The highest BCUT2D eigenvalue weighted by Gasteiger charge is 2.42. The van der Waals surface area contributed by atoms with E-state index in [2.05, 4.69) is 34.7 Å². The summed E-state index contributed by atoms with van der Waals surface area (Å²) in [5, 5.41) is 9.45. The van der Waals surface area contributed by atoms with Crippen molar-refractivity contribution in [2.75, 3.05) is 24.6 Å². The van der Waals surface area contributed by atoms with Gasteiger partial charge in [0, 0.05) is 32.2 Å². The van der Waals surface area contributed by atoms with Crippen LogP contribution in [0, 0.1) is 24.1 Å². The van der Waals surface area contributed by atoms with Crippen molar-refractivity contribution in [3.63, 3.8) is 0 Å². The van der Waals surface area contributed by atoms with Gasteiger partial charge < -0.3 is 14.2 Å². The molecule has 1 saturated heterocycles. The minimum Gasteiger partial charge on any atom is -0.484 e. The standard InChI is InChI=1S/C27H30FN5O2/c1-5-19-13-33-20(14-32(19)22(6-2)17-7-9-21(28)16(3)11-17)15-35-26-25(33)24-23(31(4)27(26)34)10-8-18(12-29)30-24/h7-11,19-20,22H,5-6,13-15H2,1-4H3/t19-,20+,22+/m1/s1. The van der Waals surface area contributed by atoms with E-state index in [0.717, 1.165) is 31.5 Å². The predicted molar refractivity (Wildman–Crippen MR) is 133 cm³/mol. The number of nitrogens with zero attached hydrogens (tertiary/aromatic N) is 5. The number of nitriles is 1. The Hall–Kier alpha value is -3.44. The molecule has 4 heterocycles. The smallest absolute Gasteiger partial charge is 0.295 e. The maximum absolute atomic E-state index is 14.0. The lowest BCUT2D eigenvalue weighted by molar-refractivity contribution is 0.0719. The Morgan fingerprint density at radius 1 is 1.26 bits per heavy atom. The van der Waals surface area contributed by atoms with Crippen LogP contribution in [0.4, 0.5) is 10.1 Å². The number of ether oxygens (including phenoxy) is 1. The fourth-order valence-electron chi connectivity index (χ4n) is 5.68. The first-order valence-electron chi connectivity index (χ1n) is 12.2. The normalized spacial score (nSPS) is 20.6. The molecule has 182 valence electrons. The van der Waals surface area contributed by atoms with Gasteiger partial charge in [0.05, 0.1) is 11.6 Å². The van der Waals surface area contributed by atoms with Gasteiger partial charge in [-0.3, -0.25) is 9.69 Å². The number of hydrogen-bond donors (Lipinski definition) is 0. The Labute approximate surface area is 204 Å². The van der Waals surface area contributed by atoms with Crippen LogP contribution < -0.4 is 15.2 Å². The molecule has 0 radical (unpaired) electrons. The van der Waals surface area contributed by atoms with Crippen molar-refractivity contribution in [2.24, 2.45) is 7.05 Å². The van der Waals surface area contributed by atoms with Gasteiger partial charge in [-0.1, -0.05) is 26.0 Å². The quantitative estimate of drug-likeness (QED) is 0.567. The second-order valence-electron chi connectivity index (χ2n) is 9.53. The molecule has 0 amide bonds. The Kier molecular flexibility index (Phi) is 5.97. The SMILES string of the molecule is CC[C@@H]1CN2c3c(c(=O)n(C)c4ccc(C#N)nc34)OC[C@@H]2CN1[C@@H](CC)c1ccc(F)c(C)c1. The van der Waals surface area contributed by atoms with Crippen LogP contribution in [0.3, 0.4) is 0 Å². The van der Waals surface area contributed by atoms with E-state index in [1.54, 1.807) is 36.7 Å². The molecular weight excluding hydrogens is 445 g/mol. The summed E-state index contributed by atoms with van der Waals surface area (Å²) in [6.45, 7) is 8.02. The fourth-order valence-corrected chi connectivity index (χ4v) is 5.68. The highest BCUT2D eigenvalue weighted by molar-refractivity contribution is 5.93. The lowest BCUT2D eigenvalue weighted by Gasteiger charge is -2.51. The van der Waals surface area contributed by atoms with E-state index in [9.17, 15) is 14.4 Å². The number of fused-ring (bicyclic) bond motifs is 5. The van der Waals surface area contributed by atoms with Gasteiger partial charge >= 0.3 is 0 Å². The number of benzene rings is 1. The maximum Gasteiger partial charge on any atom is 0.295 e. The molecule has 0 saturated carbocycles. The van der Waals surface area contributed by atoms with Gasteiger partial charge in [-0.15, -0.1) is 0 Å². The first-order chi connectivity index (χ1) is 16.9. The Morgan fingerprint density at radius 2 is 2.06 bits per heavy atom. The van der Waals surface area contributed by atoms with E-state index < -0.39 is 0 Å². The van der Waals surface area contributed by atoms with E-state index in [1.807, 2.05) is 12.1 Å². The molecule has 3 aromatic rings. The number of rotatable bonds is 4. The largest absolute Gasteiger partial charge is 0.484 e. The molecule has 1 aromatic carbocycles. The van der Waals surface area contributed by atoms with Crippen molar-refractivity contribution in [1.82, 2.24) is 14.5 Å². The third kappa shape index (κ3) is 3.75. The Bertz CT molecular complexity index is 1400. The lowest BCUT2D eigenvalue weighted by Crippen LogP contribution is -2.62. The molecule has 35 heavy (non-hydrogen) atoms. The minimum absolute atomic E-state index is 0.0312. The van der Waals surface area contributed by atoms with Crippen molar-refractivity contribution < 1.29 is 9.13 Å². The number of aryl methyl sites for hydroxylation is 2. The summed E-state index contributed by atoms with van der Waals surface area (Å²) >= 11 is 0. The molecule has 2 aromatic heterocycles. The molecule has 8 heteroatoms. The molecule has 5 rings (SSSR count). The molecule has 2 aliphatic rings. The molecule has 2 aliphatic heterocycles. The molecule has 0 aliphatic carbocycles. The molecule has 0 unspecified atom stereocenters. The number of halogens is 1. The van der Waals surface area contributed by atoms with E-state index in [0.29, 0.717) is 40.3 Å². The number of pyridine rings is 2. The summed E-state index contributed by atoms with van der Waals surface area (Å²) in [5.74, 6) is 0.124. The molecule has 0 bridgehead atoms. The van der Waals surface area contributed by atoms with Crippen molar-refractivity contribution in [3.05, 3.63) is 63.3 Å². The lowest BCUT2D eigenvalue weighted by atomic mass is 9.94. The summed E-state index contributed by atoms with van der Waals surface area (Å²) in [6, 6.07) is 11.4. The molecule has 7 nitrogen and oxygen atoms in total. The van der Waals surface area contributed by atoms with Crippen LogP contribution in [0.1, 0.15) is 49.6 Å². The van der Waals surface area contributed by atoms with Crippen molar-refractivity contribution in [2.45, 2.75) is 51.7 Å². The van der Waals surface area contributed by atoms with Crippen LogP contribution in [0.15, 0.2) is 35.1 Å². The summed E-state index contributed by atoms with van der Waals surface area (Å²) in [4.78, 5) is 22.5. The van der Waals surface area contributed by atoms with E-state index in [-0.39, 0.29) is 29.5 Å². The maximum atomic E-state index is 14.0. The molecule has 0 N–H and O–H groups in total.